The fraction of sp³-hybridized carbons (Fsp3) is 0.444. The average molecular weight is 328 g/mol. The monoisotopic (exact) mass is 328 g/mol. The number of hydrogen-bond donors (Lipinski definition) is 1. The fourth-order valence-electron chi connectivity index (χ4n) is 3.25. The van der Waals surface area contributed by atoms with Crippen molar-refractivity contribution in [3.63, 3.8) is 0 Å². The predicted octanol–water partition coefficient (Wildman–Crippen LogP) is 1.92. The number of para-hydroxylation sites is 1. The Balaban J connectivity index is 1.96. The van der Waals surface area contributed by atoms with Crippen LogP contribution in [0.4, 0.5) is 0 Å². The smallest absolute Gasteiger partial charge is 0.257 e. The van der Waals surface area contributed by atoms with Gasteiger partial charge in [-0.1, -0.05) is 12.1 Å². The van der Waals surface area contributed by atoms with Gasteiger partial charge in [-0.2, -0.15) is 5.10 Å². The Hall–Kier alpha value is -2.34. The summed E-state index contributed by atoms with van der Waals surface area (Å²) in [6.45, 7) is 1.52. The normalized spacial score (nSPS) is 17.8. The molecule has 1 N–H and O–H groups in total. The van der Waals surface area contributed by atoms with E-state index in [9.17, 15) is 4.79 Å². The van der Waals surface area contributed by atoms with E-state index in [1.54, 1.807) is 18.0 Å². The molecule has 1 fully saturated rings. The zero-order valence-corrected chi connectivity index (χ0v) is 14.5. The molecule has 3 rings (SSSR count). The summed E-state index contributed by atoms with van der Waals surface area (Å²) in [5.74, 6) is 0.751. The molecule has 0 bridgehead atoms. The van der Waals surface area contributed by atoms with Gasteiger partial charge >= 0.3 is 0 Å². The topological polar surface area (TPSA) is 59.4 Å². The first-order valence-electron chi connectivity index (χ1n) is 8.27. The molecule has 1 amide bonds. The van der Waals surface area contributed by atoms with Crippen LogP contribution in [0.2, 0.25) is 0 Å². The molecule has 2 aromatic rings. The molecule has 1 saturated heterocycles. The first-order chi connectivity index (χ1) is 11.6. The van der Waals surface area contributed by atoms with Crippen molar-refractivity contribution in [2.24, 2.45) is 7.05 Å². The van der Waals surface area contributed by atoms with E-state index in [-0.39, 0.29) is 5.91 Å². The Labute approximate surface area is 142 Å². The summed E-state index contributed by atoms with van der Waals surface area (Å²) in [7, 11) is 5.41. The third kappa shape index (κ3) is 3.14. The molecule has 6 nitrogen and oxygen atoms in total. The number of piperidine rings is 1. The highest BCUT2D eigenvalue weighted by atomic mass is 16.5. The molecule has 1 atom stereocenters. The molecule has 1 aliphatic heterocycles. The fourth-order valence-corrected chi connectivity index (χ4v) is 3.25. The molecule has 128 valence electrons. The molecule has 24 heavy (non-hydrogen) atoms. The minimum Gasteiger partial charge on any atom is -0.496 e. The van der Waals surface area contributed by atoms with Crippen LogP contribution in [-0.2, 0) is 7.05 Å². The summed E-state index contributed by atoms with van der Waals surface area (Å²) < 4.78 is 7.13. The van der Waals surface area contributed by atoms with E-state index in [1.165, 1.54) is 0 Å². The minimum atomic E-state index is 0.0314. The minimum absolute atomic E-state index is 0.0314. The lowest BCUT2D eigenvalue weighted by atomic mass is 10.0. The molecule has 1 aromatic heterocycles. The van der Waals surface area contributed by atoms with E-state index in [0.29, 0.717) is 17.3 Å². The van der Waals surface area contributed by atoms with Crippen molar-refractivity contribution < 1.29 is 9.53 Å². The number of hydrogen-bond acceptors (Lipinski definition) is 4. The number of rotatable bonds is 4. The molecule has 6 heteroatoms. The number of likely N-dealkylation sites (tertiary alicyclic amines) is 1. The van der Waals surface area contributed by atoms with Crippen LogP contribution in [0, 0.1) is 0 Å². The lowest BCUT2D eigenvalue weighted by Gasteiger charge is -2.32. The average Bonchev–Trinajstić information content (AvgIpc) is 3.02. The van der Waals surface area contributed by atoms with Crippen molar-refractivity contribution >= 4 is 5.91 Å². The van der Waals surface area contributed by atoms with Crippen molar-refractivity contribution in [2.75, 3.05) is 27.2 Å². The molecule has 0 aliphatic carbocycles. The van der Waals surface area contributed by atoms with E-state index < -0.39 is 0 Å². The van der Waals surface area contributed by atoms with Crippen molar-refractivity contribution in [1.82, 2.24) is 20.0 Å². The number of aryl methyl sites for hydroxylation is 1. The van der Waals surface area contributed by atoms with Gasteiger partial charge in [0.15, 0.2) is 0 Å². The van der Waals surface area contributed by atoms with Crippen molar-refractivity contribution in [3.8, 4) is 17.0 Å². The summed E-state index contributed by atoms with van der Waals surface area (Å²) in [6.07, 6.45) is 3.92. The van der Waals surface area contributed by atoms with Crippen LogP contribution in [-0.4, -0.2) is 53.9 Å². The number of amides is 1. The zero-order valence-electron chi connectivity index (χ0n) is 14.5. The van der Waals surface area contributed by atoms with Gasteiger partial charge in [-0.05, 0) is 32.0 Å². The zero-order chi connectivity index (χ0) is 17.1. The summed E-state index contributed by atoms with van der Waals surface area (Å²) in [6, 6.07) is 8.02. The number of ether oxygens (including phenoxy) is 1. The van der Waals surface area contributed by atoms with Gasteiger partial charge in [0, 0.05) is 37.9 Å². The second-order valence-electron chi connectivity index (χ2n) is 6.14. The van der Waals surface area contributed by atoms with Crippen LogP contribution in [0.15, 0.2) is 30.5 Å². The highest BCUT2D eigenvalue weighted by molar-refractivity contribution is 6.00. The van der Waals surface area contributed by atoms with E-state index in [4.69, 9.17) is 4.74 Å². The van der Waals surface area contributed by atoms with Crippen LogP contribution < -0.4 is 10.1 Å². The number of carbonyl (C=O) groups is 1. The van der Waals surface area contributed by atoms with E-state index in [1.807, 2.05) is 43.3 Å². The van der Waals surface area contributed by atoms with Gasteiger partial charge in [0.25, 0.3) is 5.91 Å². The quantitative estimate of drug-likeness (QED) is 0.931. The molecule has 0 saturated carbocycles. The summed E-state index contributed by atoms with van der Waals surface area (Å²) in [5.41, 5.74) is 2.14. The summed E-state index contributed by atoms with van der Waals surface area (Å²) in [5, 5.41) is 7.79. The number of benzene rings is 1. The standard InChI is InChI=1S/C18H24N4O2/c1-19-13-7-6-10-22(11-13)18(23)15-12-21(2)20-17(15)14-8-4-5-9-16(14)24-3/h4-5,8-9,12-13,19H,6-7,10-11H2,1-3H3. The lowest BCUT2D eigenvalue weighted by Crippen LogP contribution is -2.47. The van der Waals surface area contributed by atoms with Gasteiger partial charge in [-0.3, -0.25) is 9.48 Å². The molecular formula is C18H24N4O2. The third-order valence-electron chi connectivity index (χ3n) is 4.54. The number of aromatic nitrogens is 2. The molecule has 0 spiro atoms. The Bertz CT molecular complexity index is 726. The summed E-state index contributed by atoms with van der Waals surface area (Å²) >= 11 is 0. The molecule has 0 radical (unpaired) electrons. The first-order valence-corrected chi connectivity index (χ1v) is 8.27. The van der Waals surface area contributed by atoms with Crippen LogP contribution in [0.25, 0.3) is 11.3 Å². The van der Waals surface area contributed by atoms with Gasteiger partial charge in [0.2, 0.25) is 0 Å². The second-order valence-corrected chi connectivity index (χ2v) is 6.14. The molecule has 2 heterocycles. The number of carbonyl (C=O) groups excluding carboxylic acids is 1. The Morgan fingerprint density at radius 3 is 2.92 bits per heavy atom. The van der Waals surface area contributed by atoms with Gasteiger partial charge in [-0.15, -0.1) is 0 Å². The van der Waals surface area contributed by atoms with E-state index in [0.717, 1.165) is 37.2 Å². The van der Waals surface area contributed by atoms with E-state index >= 15 is 0 Å². The first kappa shape index (κ1) is 16.5. The Kier molecular flexibility index (Phi) is 4.85. The second kappa shape index (κ2) is 7.05. The number of likely N-dealkylation sites (N-methyl/N-ethyl adjacent to an activating group) is 1. The Morgan fingerprint density at radius 1 is 1.38 bits per heavy atom. The molecule has 1 aromatic carbocycles. The Morgan fingerprint density at radius 2 is 2.17 bits per heavy atom. The van der Waals surface area contributed by atoms with Crippen LogP contribution in [0.5, 0.6) is 5.75 Å². The van der Waals surface area contributed by atoms with Gasteiger partial charge < -0.3 is 15.0 Å². The van der Waals surface area contributed by atoms with Crippen LogP contribution >= 0.6 is 0 Å². The maximum absolute atomic E-state index is 13.1. The number of methoxy groups -OCH3 is 1. The molecule has 1 aliphatic rings. The molecule has 1 unspecified atom stereocenters. The van der Waals surface area contributed by atoms with Gasteiger partial charge in [0.1, 0.15) is 11.4 Å². The van der Waals surface area contributed by atoms with Crippen LogP contribution in [0.3, 0.4) is 0 Å². The number of nitrogens with one attached hydrogen (secondary N) is 1. The van der Waals surface area contributed by atoms with Crippen molar-refractivity contribution in [1.29, 1.82) is 0 Å². The number of nitrogens with zero attached hydrogens (tertiary/aromatic N) is 3. The van der Waals surface area contributed by atoms with Gasteiger partial charge in [-0.25, -0.2) is 0 Å². The molecular weight excluding hydrogens is 304 g/mol. The van der Waals surface area contributed by atoms with Crippen molar-refractivity contribution in [3.05, 3.63) is 36.0 Å². The largest absolute Gasteiger partial charge is 0.496 e. The SMILES string of the molecule is CNC1CCCN(C(=O)c2cn(C)nc2-c2ccccc2OC)C1. The van der Waals surface area contributed by atoms with Gasteiger partial charge in [0.05, 0.1) is 12.7 Å². The van der Waals surface area contributed by atoms with Crippen molar-refractivity contribution in [2.45, 2.75) is 18.9 Å². The summed E-state index contributed by atoms with van der Waals surface area (Å²) in [4.78, 5) is 15.0. The highest BCUT2D eigenvalue weighted by Crippen LogP contribution is 2.31. The third-order valence-corrected chi connectivity index (χ3v) is 4.54. The van der Waals surface area contributed by atoms with Crippen LogP contribution in [0.1, 0.15) is 23.2 Å². The van der Waals surface area contributed by atoms with E-state index in [2.05, 4.69) is 10.4 Å². The lowest BCUT2D eigenvalue weighted by molar-refractivity contribution is 0.0699. The predicted molar refractivity (Wildman–Crippen MR) is 93.2 cm³/mol. The maximum Gasteiger partial charge on any atom is 0.257 e. The maximum atomic E-state index is 13.1. The highest BCUT2D eigenvalue weighted by Gasteiger charge is 2.27.